The summed E-state index contributed by atoms with van der Waals surface area (Å²) in [4.78, 5) is 21.9. The van der Waals surface area contributed by atoms with E-state index in [4.69, 9.17) is 6.42 Å². The molecule has 0 saturated carbocycles. The van der Waals surface area contributed by atoms with Crippen molar-refractivity contribution in [3.05, 3.63) is 29.3 Å². The summed E-state index contributed by atoms with van der Waals surface area (Å²) < 4.78 is 0. The van der Waals surface area contributed by atoms with Crippen molar-refractivity contribution in [3.8, 4) is 18.1 Å². The zero-order chi connectivity index (χ0) is 11.3. The summed E-state index contributed by atoms with van der Waals surface area (Å²) in [5, 5.41) is 11.8. The molecule has 0 unspecified atom stereocenters. The third-order valence-electron chi connectivity index (χ3n) is 1.75. The number of aldehydes is 1. The van der Waals surface area contributed by atoms with Crippen LogP contribution >= 0.6 is 0 Å². The number of phenolic OH excluding ortho intramolecular Hbond substituents is 1. The molecule has 15 heavy (non-hydrogen) atoms. The van der Waals surface area contributed by atoms with Crippen LogP contribution in [0.15, 0.2) is 18.2 Å². The molecule has 4 heteroatoms. The molecule has 0 saturated heterocycles. The molecule has 76 valence electrons. The highest BCUT2D eigenvalue weighted by atomic mass is 16.3. The Morgan fingerprint density at radius 1 is 1.60 bits per heavy atom. The number of nitrogens with one attached hydrogen (secondary N) is 1. The Morgan fingerprint density at radius 3 is 2.93 bits per heavy atom. The summed E-state index contributed by atoms with van der Waals surface area (Å²) in [5.41, 5.74) is 0.355. The molecule has 2 N–H and O–H groups in total. The van der Waals surface area contributed by atoms with E-state index in [1.165, 1.54) is 18.2 Å². The van der Waals surface area contributed by atoms with Gasteiger partial charge in [0, 0.05) is 5.56 Å². The van der Waals surface area contributed by atoms with Crippen LogP contribution in [-0.4, -0.2) is 23.8 Å². The van der Waals surface area contributed by atoms with E-state index < -0.39 is 5.91 Å². The van der Waals surface area contributed by atoms with Crippen LogP contribution in [0.3, 0.4) is 0 Å². The Bertz CT molecular complexity index is 432. The SMILES string of the molecule is C#CCNC(=O)c1cc(C=O)ccc1O. The third kappa shape index (κ3) is 2.58. The van der Waals surface area contributed by atoms with Gasteiger partial charge in [0.05, 0.1) is 12.1 Å². The zero-order valence-corrected chi connectivity index (χ0v) is 7.86. The summed E-state index contributed by atoms with van der Waals surface area (Å²) in [5.74, 6) is 1.54. The first kappa shape index (κ1) is 10.8. The Morgan fingerprint density at radius 2 is 2.33 bits per heavy atom. The third-order valence-corrected chi connectivity index (χ3v) is 1.75. The van der Waals surface area contributed by atoms with Crippen LogP contribution < -0.4 is 5.32 Å². The normalized spacial score (nSPS) is 9.00. The van der Waals surface area contributed by atoms with Crippen molar-refractivity contribution >= 4 is 12.2 Å². The van der Waals surface area contributed by atoms with Crippen LogP contribution in [0.5, 0.6) is 5.75 Å². The van der Waals surface area contributed by atoms with Gasteiger partial charge in [-0.1, -0.05) is 5.92 Å². The molecule has 1 aromatic carbocycles. The van der Waals surface area contributed by atoms with Crippen LogP contribution in [-0.2, 0) is 0 Å². The maximum atomic E-state index is 11.4. The van der Waals surface area contributed by atoms with Gasteiger partial charge in [0.2, 0.25) is 0 Å². The highest BCUT2D eigenvalue weighted by Crippen LogP contribution is 2.17. The molecule has 0 aromatic heterocycles. The molecule has 0 bridgehead atoms. The van der Waals surface area contributed by atoms with Gasteiger partial charge >= 0.3 is 0 Å². The standard InChI is InChI=1S/C11H9NO3/c1-2-5-12-11(15)9-6-8(7-13)3-4-10(9)14/h1,3-4,6-7,14H,5H2,(H,12,15). The number of rotatable bonds is 3. The lowest BCUT2D eigenvalue weighted by atomic mass is 10.1. The Kier molecular flexibility index (Phi) is 3.47. The summed E-state index contributed by atoms with van der Waals surface area (Å²) in [6.07, 6.45) is 5.56. The molecule has 0 aliphatic heterocycles. The average Bonchev–Trinajstić information content (AvgIpc) is 2.26. The van der Waals surface area contributed by atoms with Crippen molar-refractivity contribution in [1.82, 2.24) is 5.32 Å². The molecule has 0 spiro atoms. The minimum absolute atomic E-state index is 0.0369. The number of aromatic hydroxyl groups is 1. The fraction of sp³-hybridized carbons (Fsp3) is 0.0909. The molecular weight excluding hydrogens is 194 g/mol. The first-order valence-electron chi connectivity index (χ1n) is 4.19. The Balaban J connectivity index is 2.97. The smallest absolute Gasteiger partial charge is 0.255 e. The van der Waals surface area contributed by atoms with Gasteiger partial charge in [0.1, 0.15) is 12.0 Å². The molecule has 0 aliphatic carbocycles. The molecule has 0 radical (unpaired) electrons. The molecule has 0 aliphatic rings. The summed E-state index contributed by atoms with van der Waals surface area (Å²) in [6.45, 7) is 0.0730. The zero-order valence-electron chi connectivity index (χ0n) is 7.86. The second-order valence-electron chi connectivity index (χ2n) is 2.78. The van der Waals surface area contributed by atoms with Crippen molar-refractivity contribution in [2.75, 3.05) is 6.54 Å². The van der Waals surface area contributed by atoms with Crippen LogP contribution in [0.4, 0.5) is 0 Å². The van der Waals surface area contributed by atoms with Crippen molar-refractivity contribution < 1.29 is 14.7 Å². The number of carbonyl (C=O) groups excluding carboxylic acids is 2. The van der Waals surface area contributed by atoms with E-state index in [1.807, 2.05) is 0 Å². The highest BCUT2D eigenvalue weighted by molar-refractivity contribution is 5.98. The number of carbonyl (C=O) groups is 2. The monoisotopic (exact) mass is 203 g/mol. The first-order valence-corrected chi connectivity index (χ1v) is 4.19. The van der Waals surface area contributed by atoms with Crippen LogP contribution in [0.1, 0.15) is 20.7 Å². The minimum atomic E-state index is -0.505. The summed E-state index contributed by atoms with van der Waals surface area (Å²) >= 11 is 0. The van der Waals surface area contributed by atoms with Gasteiger partial charge in [-0.3, -0.25) is 9.59 Å². The van der Waals surface area contributed by atoms with Gasteiger partial charge in [0.25, 0.3) is 5.91 Å². The van der Waals surface area contributed by atoms with Gasteiger partial charge in [-0.2, -0.15) is 0 Å². The fourth-order valence-electron chi connectivity index (χ4n) is 1.04. The van der Waals surface area contributed by atoms with Crippen molar-refractivity contribution in [2.45, 2.75) is 0 Å². The van der Waals surface area contributed by atoms with E-state index in [0.717, 1.165) is 0 Å². The molecule has 0 atom stereocenters. The predicted molar refractivity (Wildman–Crippen MR) is 54.7 cm³/mol. The van der Waals surface area contributed by atoms with Crippen LogP contribution in [0.2, 0.25) is 0 Å². The van der Waals surface area contributed by atoms with E-state index in [-0.39, 0.29) is 17.9 Å². The van der Waals surface area contributed by atoms with Gasteiger partial charge in [-0.25, -0.2) is 0 Å². The number of terminal acetylenes is 1. The maximum absolute atomic E-state index is 11.4. The van der Waals surface area contributed by atoms with Crippen molar-refractivity contribution in [3.63, 3.8) is 0 Å². The van der Waals surface area contributed by atoms with Crippen molar-refractivity contribution in [2.24, 2.45) is 0 Å². The molecule has 1 rings (SSSR count). The van der Waals surface area contributed by atoms with E-state index in [0.29, 0.717) is 11.8 Å². The minimum Gasteiger partial charge on any atom is -0.507 e. The summed E-state index contributed by atoms with van der Waals surface area (Å²) in [6, 6.07) is 4.00. The lowest BCUT2D eigenvalue weighted by molar-refractivity contribution is 0.0956. The van der Waals surface area contributed by atoms with Gasteiger partial charge in [-0.15, -0.1) is 6.42 Å². The number of benzene rings is 1. The Hall–Kier alpha value is -2.28. The molecule has 4 nitrogen and oxygen atoms in total. The lowest BCUT2D eigenvalue weighted by Gasteiger charge is -2.04. The highest BCUT2D eigenvalue weighted by Gasteiger charge is 2.10. The van der Waals surface area contributed by atoms with E-state index in [2.05, 4.69) is 11.2 Å². The second-order valence-corrected chi connectivity index (χ2v) is 2.78. The number of amides is 1. The van der Waals surface area contributed by atoms with Gasteiger partial charge in [0.15, 0.2) is 0 Å². The maximum Gasteiger partial charge on any atom is 0.255 e. The number of hydrogen-bond acceptors (Lipinski definition) is 3. The molecule has 1 amide bonds. The number of hydrogen-bond donors (Lipinski definition) is 2. The van der Waals surface area contributed by atoms with E-state index in [9.17, 15) is 14.7 Å². The van der Waals surface area contributed by atoms with E-state index >= 15 is 0 Å². The van der Waals surface area contributed by atoms with Crippen molar-refractivity contribution in [1.29, 1.82) is 0 Å². The first-order chi connectivity index (χ1) is 7.19. The average molecular weight is 203 g/mol. The second kappa shape index (κ2) is 4.82. The van der Waals surface area contributed by atoms with E-state index in [1.54, 1.807) is 0 Å². The quantitative estimate of drug-likeness (QED) is 0.557. The predicted octanol–water partition coefficient (Wildman–Crippen LogP) is 0.568. The van der Waals surface area contributed by atoms with Gasteiger partial charge in [-0.05, 0) is 18.2 Å². The lowest BCUT2D eigenvalue weighted by Crippen LogP contribution is -2.23. The molecule has 0 fully saturated rings. The molecule has 0 heterocycles. The Labute approximate surface area is 86.9 Å². The summed E-state index contributed by atoms with van der Waals surface area (Å²) in [7, 11) is 0. The topological polar surface area (TPSA) is 66.4 Å². The fourth-order valence-corrected chi connectivity index (χ4v) is 1.04. The molecule has 1 aromatic rings. The number of phenols is 1. The largest absolute Gasteiger partial charge is 0.507 e. The van der Waals surface area contributed by atoms with Crippen LogP contribution in [0.25, 0.3) is 0 Å². The molecular formula is C11H9NO3. The van der Waals surface area contributed by atoms with Crippen LogP contribution in [0, 0.1) is 12.3 Å². The van der Waals surface area contributed by atoms with Gasteiger partial charge < -0.3 is 10.4 Å².